The van der Waals surface area contributed by atoms with Crippen molar-refractivity contribution in [1.29, 1.82) is 0 Å². The summed E-state index contributed by atoms with van der Waals surface area (Å²) in [5.41, 5.74) is 8.78. The summed E-state index contributed by atoms with van der Waals surface area (Å²) < 4.78 is 0. The van der Waals surface area contributed by atoms with Gasteiger partial charge < -0.3 is 0 Å². The largest absolute Gasteiger partial charge is 0.0874 e. The van der Waals surface area contributed by atoms with Crippen LogP contribution in [0.4, 0.5) is 0 Å². The predicted molar refractivity (Wildman–Crippen MR) is 113 cm³/mol. The van der Waals surface area contributed by atoms with Crippen LogP contribution in [0, 0.1) is 12.8 Å². The van der Waals surface area contributed by atoms with Gasteiger partial charge >= 0.3 is 0 Å². The minimum Gasteiger partial charge on any atom is -0.0874 e. The van der Waals surface area contributed by atoms with Crippen molar-refractivity contribution in [1.82, 2.24) is 0 Å². The van der Waals surface area contributed by atoms with E-state index in [-0.39, 0.29) is 5.41 Å². The first-order chi connectivity index (χ1) is 12.7. The Bertz CT molecular complexity index is 898. The summed E-state index contributed by atoms with van der Waals surface area (Å²) in [7, 11) is 0. The van der Waals surface area contributed by atoms with Crippen LogP contribution in [0.3, 0.4) is 0 Å². The Balaban J connectivity index is 2.07. The van der Waals surface area contributed by atoms with Crippen LogP contribution in [0.5, 0.6) is 0 Å². The fraction of sp³-hybridized carbons (Fsp3) is 0.308. The smallest absolute Gasteiger partial charge is 0.0522 e. The molecule has 0 saturated carbocycles. The SMILES string of the molecule is C/C=C\C(=C/C)C1(C2C=CC=CC2)C2=C(CCC=C2)c2cc(C)ccc21. The van der Waals surface area contributed by atoms with Gasteiger partial charge in [-0.15, -0.1) is 0 Å². The molecule has 4 rings (SSSR count). The van der Waals surface area contributed by atoms with Gasteiger partial charge in [-0.05, 0) is 73.8 Å². The maximum atomic E-state index is 2.43. The molecule has 2 atom stereocenters. The van der Waals surface area contributed by atoms with E-state index in [2.05, 4.69) is 93.7 Å². The highest BCUT2D eigenvalue weighted by Crippen LogP contribution is 2.59. The molecule has 132 valence electrons. The number of benzene rings is 1. The molecule has 0 radical (unpaired) electrons. The molecule has 26 heavy (non-hydrogen) atoms. The monoisotopic (exact) mass is 340 g/mol. The third kappa shape index (κ3) is 2.35. The molecule has 0 nitrogen and oxygen atoms in total. The Morgan fingerprint density at radius 3 is 2.77 bits per heavy atom. The molecular formula is C26H28. The number of hydrogen-bond donors (Lipinski definition) is 0. The van der Waals surface area contributed by atoms with Gasteiger partial charge in [0.2, 0.25) is 0 Å². The van der Waals surface area contributed by atoms with E-state index >= 15 is 0 Å². The van der Waals surface area contributed by atoms with Gasteiger partial charge in [-0.2, -0.15) is 0 Å². The van der Waals surface area contributed by atoms with Crippen molar-refractivity contribution in [2.75, 3.05) is 0 Å². The standard InChI is InChI=1S/C26H28/c1-4-11-20(5-2)26(21-12-7-6-8-13-21)24-15-10-9-14-22(24)23-18-19(3)16-17-25(23)26/h4-8,10-12,15-18,21H,9,13-14H2,1-3H3/b11-4-,20-5+. The molecule has 0 aliphatic heterocycles. The maximum absolute atomic E-state index is 2.43. The lowest BCUT2D eigenvalue weighted by Gasteiger charge is -2.41. The van der Waals surface area contributed by atoms with Gasteiger partial charge in [-0.25, -0.2) is 0 Å². The van der Waals surface area contributed by atoms with Crippen molar-refractivity contribution in [3.8, 4) is 0 Å². The number of aryl methyl sites for hydroxylation is 1. The van der Waals surface area contributed by atoms with Gasteiger partial charge in [-0.3, -0.25) is 0 Å². The zero-order chi connectivity index (χ0) is 18.1. The Morgan fingerprint density at radius 2 is 2.04 bits per heavy atom. The molecule has 1 aromatic rings. The number of allylic oxidation sites excluding steroid dienone is 12. The highest BCUT2D eigenvalue weighted by Gasteiger charge is 2.50. The third-order valence-electron chi connectivity index (χ3n) is 6.17. The van der Waals surface area contributed by atoms with E-state index in [1.165, 1.54) is 27.8 Å². The number of fused-ring (bicyclic) bond motifs is 2. The van der Waals surface area contributed by atoms with Crippen molar-refractivity contribution in [2.45, 2.75) is 45.4 Å². The van der Waals surface area contributed by atoms with Crippen LogP contribution < -0.4 is 0 Å². The summed E-state index contributed by atoms with van der Waals surface area (Å²) in [5, 5.41) is 0. The molecule has 3 aliphatic rings. The molecule has 0 saturated heterocycles. The van der Waals surface area contributed by atoms with Crippen LogP contribution in [0.2, 0.25) is 0 Å². The minimum absolute atomic E-state index is 0.0716. The van der Waals surface area contributed by atoms with Crippen molar-refractivity contribution in [2.24, 2.45) is 5.92 Å². The summed E-state index contributed by atoms with van der Waals surface area (Å²) in [5.74, 6) is 0.451. The predicted octanol–water partition coefficient (Wildman–Crippen LogP) is 7.00. The molecule has 0 fully saturated rings. The zero-order valence-corrected chi connectivity index (χ0v) is 16.1. The van der Waals surface area contributed by atoms with E-state index < -0.39 is 0 Å². The van der Waals surface area contributed by atoms with Crippen molar-refractivity contribution in [3.05, 3.63) is 101 Å². The van der Waals surface area contributed by atoms with Crippen LogP contribution in [0.1, 0.15) is 49.8 Å². The first-order valence-corrected chi connectivity index (χ1v) is 9.88. The summed E-state index contributed by atoms with van der Waals surface area (Å²) >= 11 is 0. The lowest BCUT2D eigenvalue weighted by atomic mass is 9.60. The van der Waals surface area contributed by atoms with E-state index in [1.807, 2.05) is 0 Å². The van der Waals surface area contributed by atoms with E-state index in [4.69, 9.17) is 0 Å². The Kier molecular flexibility index (Phi) is 4.44. The van der Waals surface area contributed by atoms with Gasteiger partial charge in [-0.1, -0.05) is 78.4 Å². The molecule has 1 aromatic carbocycles. The minimum atomic E-state index is -0.0716. The second-order valence-electron chi connectivity index (χ2n) is 7.59. The molecule has 0 bridgehead atoms. The molecule has 0 amide bonds. The fourth-order valence-electron chi connectivity index (χ4n) is 5.17. The molecule has 0 heteroatoms. The summed E-state index contributed by atoms with van der Waals surface area (Å²) in [4.78, 5) is 0. The zero-order valence-electron chi connectivity index (χ0n) is 16.1. The van der Waals surface area contributed by atoms with Crippen LogP contribution >= 0.6 is 0 Å². The first kappa shape index (κ1) is 17.1. The normalized spacial score (nSPS) is 27.3. The third-order valence-corrected chi connectivity index (χ3v) is 6.17. The summed E-state index contributed by atoms with van der Waals surface area (Å²) in [6, 6.07) is 7.11. The maximum Gasteiger partial charge on any atom is 0.0522 e. The van der Waals surface area contributed by atoms with Crippen LogP contribution in [0.25, 0.3) is 5.57 Å². The molecule has 0 N–H and O–H groups in total. The molecule has 0 spiro atoms. The average Bonchev–Trinajstić information content (AvgIpc) is 2.97. The van der Waals surface area contributed by atoms with Gasteiger partial charge in [0, 0.05) is 0 Å². The molecule has 0 heterocycles. The number of hydrogen-bond acceptors (Lipinski definition) is 0. The molecule has 3 aliphatic carbocycles. The highest BCUT2D eigenvalue weighted by atomic mass is 14.5. The number of rotatable bonds is 3. The van der Waals surface area contributed by atoms with Crippen LogP contribution in [0.15, 0.2) is 84.0 Å². The van der Waals surface area contributed by atoms with Crippen LogP contribution in [-0.2, 0) is 5.41 Å². The lowest BCUT2D eigenvalue weighted by molar-refractivity contribution is 0.451. The van der Waals surface area contributed by atoms with Crippen molar-refractivity contribution >= 4 is 5.57 Å². The summed E-state index contributed by atoms with van der Waals surface area (Å²) in [6.45, 7) is 6.54. The van der Waals surface area contributed by atoms with Gasteiger partial charge in [0.05, 0.1) is 5.41 Å². The van der Waals surface area contributed by atoms with Crippen LogP contribution in [-0.4, -0.2) is 0 Å². The van der Waals surface area contributed by atoms with Gasteiger partial charge in [0.15, 0.2) is 0 Å². The molecule has 2 unspecified atom stereocenters. The van der Waals surface area contributed by atoms with Crippen molar-refractivity contribution < 1.29 is 0 Å². The topological polar surface area (TPSA) is 0 Å². The van der Waals surface area contributed by atoms with Crippen molar-refractivity contribution in [3.63, 3.8) is 0 Å². The fourth-order valence-corrected chi connectivity index (χ4v) is 5.17. The van der Waals surface area contributed by atoms with Gasteiger partial charge in [0.1, 0.15) is 0 Å². The quantitative estimate of drug-likeness (QED) is 0.519. The average molecular weight is 341 g/mol. The van der Waals surface area contributed by atoms with E-state index in [9.17, 15) is 0 Å². The summed E-state index contributed by atoms with van der Waals surface area (Å²) in [6.07, 6.45) is 24.2. The Hall–Kier alpha value is -2.34. The lowest BCUT2D eigenvalue weighted by Crippen LogP contribution is -2.36. The van der Waals surface area contributed by atoms with Gasteiger partial charge in [0.25, 0.3) is 0 Å². The van der Waals surface area contributed by atoms with E-state index in [0.717, 1.165) is 19.3 Å². The molecule has 0 aromatic heterocycles. The van der Waals surface area contributed by atoms with E-state index in [0.29, 0.717) is 5.92 Å². The Morgan fingerprint density at radius 1 is 1.15 bits per heavy atom. The Labute approximate surface area is 158 Å². The van der Waals surface area contributed by atoms with E-state index in [1.54, 1.807) is 5.57 Å². The highest BCUT2D eigenvalue weighted by molar-refractivity contribution is 5.86. The first-order valence-electron chi connectivity index (χ1n) is 9.88. The molecular weight excluding hydrogens is 312 g/mol. The second kappa shape index (κ2) is 6.76. The second-order valence-corrected chi connectivity index (χ2v) is 7.59.